The zero-order valence-electron chi connectivity index (χ0n) is 12.6. The van der Waals surface area contributed by atoms with Crippen LogP contribution < -0.4 is 14.8 Å². The molecule has 0 atom stereocenters. The van der Waals surface area contributed by atoms with Crippen molar-refractivity contribution in [3.8, 4) is 11.5 Å². The van der Waals surface area contributed by atoms with Crippen LogP contribution in [0.1, 0.15) is 0 Å². The summed E-state index contributed by atoms with van der Waals surface area (Å²) in [7, 11) is 3.24. The molecule has 1 heterocycles. The Bertz CT molecular complexity index is 851. The quantitative estimate of drug-likeness (QED) is 0.649. The summed E-state index contributed by atoms with van der Waals surface area (Å²) in [5.41, 5.74) is 2.28. The summed E-state index contributed by atoms with van der Waals surface area (Å²) >= 11 is 12.5. The van der Waals surface area contributed by atoms with Gasteiger partial charge in [0.25, 0.3) is 0 Å². The monoisotopic (exact) mass is 348 g/mol. The van der Waals surface area contributed by atoms with Gasteiger partial charge in [0.1, 0.15) is 21.7 Å². The van der Waals surface area contributed by atoms with Crippen LogP contribution >= 0.6 is 23.2 Å². The van der Waals surface area contributed by atoms with Gasteiger partial charge in [-0.1, -0.05) is 23.2 Å². The Morgan fingerprint density at radius 3 is 2.22 bits per heavy atom. The molecule has 0 saturated heterocycles. The maximum absolute atomic E-state index is 6.35. The summed E-state index contributed by atoms with van der Waals surface area (Å²) in [6.07, 6.45) is 0. The lowest BCUT2D eigenvalue weighted by molar-refractivity contribution is 0.415. The largest absolute Gasteiger partial charge is 0.497 e. The van der Waals surface area contributed by atoms with E-state index < -0.39 is 0 Å². The SMILES string of the molecule is COc1ccc(Nc2c(Cl)c(Cl)nc3ccc(OC)cc23)cc1. The number of methoxy groups -OCH3 is 2. The lowest BCUT2D eigenvalue weighted by atomic mass is 10.1. The van der Waals surface area contributed by atoms with Crippen LogP contribution in [0.4, 0.5) is 11.4 Å². The van der Waals surface area contributed by atoms with Gasteiger partial charge in [-0.15, -0.1) is 0 Å². The summed E-state index contributed by atoms with van der Waals surface area (Å²) in [6, 6.07) is 13.1. The third-order valence-corrected chi connectivity index (χ3v) is 4.19. The lowest BCUT2D eigenvalue weighted by Crippen LogP contribution is -1.96. The van der Waals surface area contributed by atoms with Crippen LogP contribution in [0.25, 0.3) is 10.9 Å². The standard InChI is InChI=1S/C17H14Cl2N2O2/c1-22-11-5-3-10(4-6-11)20-16-13-9-12(23-2)7-8-14(13)21-17(19)15(16)18/h3-9H,1-2H3,(H,20,21). The molecule has 23 heavy (non-hydrogen) atoms. The normalized spacial score (nSPS) is 10.6. The van der Waals surface area contributed by atoms with Crippen LogP contribution in [0.2, 0.25) is 10.2 Å². The highest BCUT2D eigenvalue weighted by molar-refractivity contribution is 6.44. The maximum atomic E-state index is 6.35. The second-order valence-electron chi connectivity index (χ2n) is 4.83. The first-order valence-corrected chi connectivity index (χ1v) is 7.62. The Kier molecular flexibility index (Phi) is 4.46. The number of nitrogens with zero attached hydrogens (tertiary/aromatic N) is 1. The van der Waals surface area contributed by atoms with E-state index in [1.54, 1.807) is 14.2 Å². The molecule has 118 valence electrons. The first-order chi connectivity index (χ1) is 11.1. The molecule has 3 aromatic rings. The summed E-state index contributed by atoms with van der Waals surface area (Å²) in [6.45, 7) is 0. The van der Waals surface area contributed by atoms with Crippen molar-refractivity contribution in [2.45, 2.75) is 0 Å². The van der Waals surface area contributed by atoms with Crippen LogP contribution in [0, 0.1) is 0 Å². The van der Waals surface area contributed by atoms with E-state index in [0.29, 0.717) is 10.7 Å². The Morgan fingerprint density at radius 1 is 0.913 bits per heavy atom. The summed E-state index contributed by atoms with van der Waals surface area (Å²) < 4.78 is 10.4. The Labute approximate surface area is 144 Å². The highest BCUT2D eigenvalue weighted by atomic mass is 35.5. The number of anilines is 2. The molecular weight excluding hydrogens is 335 g/mol. The van der Waals surface area contributed by atoms with Crippen molar-refractivity contribution >= 4 is 45.5 Å². The third kappa shape index (κ3) is 3.14. The number of ether oxygens (including phenoxy) is 2. The minimum atomic E-state index is 0.250. The van der Waals surface area contributed by atoms with Gasteiger partial charge in [-0.05, 0) is 42.5 Å². The van der Waals surface area contributed by atoms with Crippen LogP contribution in [-0.2, 0) is 0 Å². The van der Waals surface area contributed by atoms with Gasteiger partial charge in [0, 0.05) is 11.1 Å². The first-order valence-electron chi connectivity index (χ1n) is 6.86. The van der Waals surface area contributed by atoms with E-state index in [2.05, 4.69) is 10.3 Å². The van der Waals surface area contributed by atoms with E-state index in [0.717, 1.165) is 28.1 Å². The number of rotatable bonds is 4. The highest BCUT2D eigenvalue weighted by Crippen LogP contribution is 2.38. The smallest absolute Gasteiger partial charge is 0.150 e. The minimum Gasteiger partial charge on any atom is -0.497 e. The van der Waals surface area contributed by atoms with Gasteiger partial charge in [0.2, 0.25) is 0 Å². The average Bonchev–Trinajstić information content (AvgIpc) is 2.59. The first kappa shape index (κ1) is 15.7. The number of fused-ring (bicyclic) bond motifs is 1. The average molecular weight is 349 g/mol. The Hall–Kier alpha value is -2.17. The van der Waals surface area contributed by atoms with Crippen LogP contribution in [0.3, 0.4) is 0 Å². The second kappa shape index (κ2) is 6.52. The maximum Gasteiger partial charge on any atom is 0.150 e. The Morgan fingerprint density at radius 2 is 1.57 bits per heavy atom. The van der Waals surface area contributed by atoms with E-state index in [-0.39, 0.29) is 5.15 Å². The number of pyridine rings is 1. The molecule has 0 aliphatic carbocycles. The molecule has 0 spiro atoms. The van der Waals surface area contributed by atoms with Gasteiger partial charge >= 0.3 is 0 Å². The van der Waals surface area contributed by atoms with Crippen LogP contribution in [0.5, 0.6) is 11.5 Å². The van der Waals surface area contributed by atoms with Crippen molar-refractivity contribution in [2.24, 2.45) is 0 Å². The van der Waals surface area contributed by atoms with Crippen LogP contribution in [-0.4, -0.2) is 19.2 Å². The summed E-state index contributed by atoms with van der Waals surface area (Å²) in [4.78, 5) is 4.30. The van der Waals surface area contributed by atoms with Crippen molar-refractivity contribution in [3.63, 3.8) is 0 Å². The molecule has 0 fully saturated rings. The van der Waals surface area contributed by atoms with Crippen molar-refractivity contribution in [3.05, 3.63) is 52.6 Å². The van der Waals surface area contributed by atoms with Crippen molar-refractivity contribution in [2.75, 3.05) is 19.5 Å². The molecule has 3 rings (SSSR count). The van der Waals surface area contributed by atoms with Gasteiger partial charge in [-0.25, -0.2) is 4.98 Å². The van der Waals surface area contributed by atoms with Crippen molar-refractivity contribution < 1.29 is 9.47 Å². The molecule has 2 aromatic carbocycles. The number of hydrogen-bond donors (Lipinski definition) is 1. The fraction of sp³-hybridized carbons (Fsp3) is 0.118. The molecule has 1 aromatic heterocycles. The van der Waals surface area contributed by atoms with Gasteiger partial charge in [-0.2, -0.15) is 0 Å². The highest BCUT2D eigenvalue weighted by Gasteiger charge is 2.13. The van der Waals surface area contributed by atoms with Gasteiger partial charge < -0.3 is 14.8 Å². The molecule has 6 heteroatoms. The molecule has 0 unspecified atom stereocenters. The fourth-order valence-corrected chi connectivity index (χ4v) is 2.63. The predicted octanol–water partition coefficient (Wildman–Crippen LogP) is 5.30. The van der Waals surface area contributed by atoms with Gasteiger partial charge in [0.05, 0.1) is 25.4 Å². The van der Waals surface area contributed by atoms with Crippen molar-refractivity contribution in [1.82, 2.24) is 4.98 Å². The van der Waals surface area contributed by atoms with E-state index in [9.17, 15) is 0 Å². The number of hydrogen-bond acceptors (Lipinski definition) is 4. The molecule has 1 N–H and O–H groups in total. The molecule has 4 nitrogen and oxygen atoms in total. The van der Waals surface area contributed by atoms with Crippen molar-refractivity contribution in [1.29, 1.82) is 0 Å². The Balaban J connectivity index is 2.11. The van der Waals surface area contributed by atoms with E-state index in [4.69, 9.17) is 32.7 Å². The minimum absolute atomic E-state index is 0.250. The molecular formula is C17H14Cl2N2O2. The number of halogens is 2. The van der Waals surface area contributed by atoms with E-state index in [1.165, 1.54) is 0 Å². The molecule has 0 aliphatic heterocycles. The zero-order chi connectivity index (χ0) is 16.4. The molecule has 0 aliphatic rings. The third-order valence-electron chi connectivity index (χ3n) is 3.45. The summed E-state index contributed by atoms with van der Waals surface area (Å²) in [5.74, 6) is 1.50. The van der Waals surface area contributed by atoms with E-state index in [1.807, 2.05) is 42.5 Å². The summed E-state index contributed by atoms with van der Waals surface area (Å²) in [5, 5.41) is 4.73. The molecule has 0 amide bonds. The van der Waals surface area contributed by atoms with E-state index >= 15 is 0 Å². The lowest BCUT2D eigenvalue weighted by Gasteiger charge is -2.14. The fourth-order valence-electron chi connectivity index (χ4n) is 2.26. The second-order valence-corrected chi connectivity index (χ2v) is 5.56. The van der Waals surface area contributed by atoms with Gasteiger partial charge in [-0.3, -0.25) is 0 Å². The number of benzene rings is 2. The topological polar surface area (TPSA) is 43.4 Å². The number of nitrogens with one attached hydrogen (secondary N) is 1. The zero-order valence-corrected chi connectivity index (χ0v) is 14.1. The molecule has 0 radical (unpaired) electrons. The van der Waals surface area contributed by atoms with Crippen LogP contribution in [0.15, 0.2) is 42.5 Å². The molecule has 0 saturated carbocycles. The van der Waals surface area contributed by atoms with Gasteiger partial charge in [0.15, 0.2) is 0 Å². The predicted molar refractivity (Wildman–Crippen MR) is 94.6 cm³/mol. The number of aromatic nitrogens is 1. The molecule has 0 bridgehead atoms.